The molecule has 2 rings (SSSR count). The largest absolute Gasteiger partial charge is 0.496 e. The molecule has 3 heteroatoms. The number of hydrogen-bond donors (Lipinski definition) is 0. The first-order valence-corrected chi connectivity index (χ1v) is 6.76. The average Bonchev–Trinajstić information content (AvgIpc) is 2.46. The molecule has 0 amide bonds. The first-order chi connectivity index (χ1) is 8.81. The molecule has 18 heavy (non-hydrogen) atoms. The highest BCUT2D eigenvalue weighted by atomic mass is 16.5. The molecule has 0 aromatic heterocycles. The molecule has 1 aromatic rings. The molecule has 0 spiro atoms. The molecule has 1 fully saturated rings. The Labute approximate surface area is 110 Å². The van der Waals surface area contributed by atoms with Crippen molar-refractivity contribution < 1.29 is 9.47 Å². The van der Waals surface area contributed by atoms with Gasteiger partial charge in [-0.3, -0.25) is 4.90 Å². The van der Waals surface area contributed by atoms with Gasteiger partial charge in [0, 0.05) is 6.04 Å². The minimum atomic E-state index is 0.426. The molecule has 1 saturated heterocycles. The van der Waals surface area contributed by atoms with Crippen LogP contribution >= 0.6 is 0 Å². The zero-order chi connectivity index (χ0) is 13.0. The van der Waals surface area contributed by atoms with Crippen LogP contribution in [-0.4, -0.2) is 32.2 Å². The Balaban J connectivity index is 2.40. The SMILES string of the molecule is CCN1CCCC[C@@H]1c1c(OC)cccc1OC. The van der Waals surface area contributed by atoms with Gasteiger partial charge in [-0.2, -0.15) is 0 Å². The highest BCUT2D eigenvalue weighted by Gasteiger charge is 2.27. The van der Waals surface area contributed by atoms with E-state index in [-0.39, 0.29) is 0 Å². The number of benzene rings is 1. The Hall–Kier alpha value is -1.22. The second-order valence-electron chi connectivity index (χ2n) is 4.72. The minimum absolute atomic E-state index is 0.426. The minimum Gasteiger partial charge on any atom is -0.496 e. The van der Waals surface area contributed by atoms with Crippen LogP contribution in [0.5, 0.6) is 11.5 Å². The summed E-state index contributed by atoms with van der Waals surface area (Å²) in [5.41, 5.74) is 1.21. The summed E-state index contributed by atoms with van der Waals surface area (Å²) in [6.45, 7) is 4.47. The molecule has 0 bridgehead atoms. The van der Waals surface area contributed by atoms with Crippen molar-refractivity contribution in [1.82, 2.24) is 4.90 Å². The smallest absolute Gasteiger partial charge is 0.127 e. The van der Waals surface area contributed by atoms with E-state index in [2.05, 4.69) is 11.8 Å². The molecule has 0 unspecified atom stereocenters. The van der Waals surface area contributed by atoms with E-state index in [0.29, 0.717) is 6.04 Å². The maximum Gasteiger partial charge on any atom is 0.127 e. The van der Waals surface area contributed by atoms with Gasteiger partial charge in [0.2, 0.25) is 0 Å². The molecular formula is C15H23NO2. The Kier molecular flexibility index (Phi) is 4.48. The van der Waals surface area contributed by atoms with Crippen LogP contribution in [0.4, 0.5) is 0 Å². The molecule has 0 N–H and O–H groups in total. The van der Waals surface area contributed by atoms with Gasteiger partial charge < -0.3 is 9.47 Å². The molecule has 0 aliphatic carbocycles. The lowest BCUT2D eigenvalue weighted by Gasteiger charge is -2.36. The number of hydrogen-bond acceptors (Lipinski definition) is 3. The van der Waals surface area contributed by atoms with Gasteiger partial charge in [0.1, 0.15) is 11.5 Å². The predicted molar refractivity (Wildman–Crippen MR) is 73.4 cm³/mol. The number of likely N-dealkylation sites (tertiary alicyclic amines) is 1. The summed E-state index contributed by atoms with van der Waals surface area (Å²) in [7, 11) is 3.47. The second kappa shape index (κ2) is 6.10. The molecule has 1 atom stereocenters. The first kappa shape index (κ1) is 13.2. The van der Waals surface area contributed by atoms with E-state index in [9.17, 15) is 0 Å². The van der Waals surface area contributed by atoms with E-state index < -0.39 is 0 Å². The number of nitrogens with zero attached hydrogens (tertiary/aromatic N) is 1. The lowest BCUT2D eigenvalue weighted by atomic mass is 9.94. The van der Waals surface area contributed by atoms with Crippen molar-refractivity contribution in [2.75, 3.05) is 27.3 Å². The number of piperidine rings is 1. The third-order valence-corrected chi connectivity index (χ3v) is 3.82. The maximum absolute atomic E-state index is 5.53. The van der Waals surface area contributed by atoms with Crippen molar-refractivity contribution in [3.63, 3.8) is 0 Å². The fourth-order valence-corrected chi connectivity index (χ4v) is 2.90. The summed E-state index contributed by atoms with van der Waals surface area (Å²) in [6, 6.07) is 6.47. The molecule has 1 aliphatic heterocycles. The van der Waals surface area contributed by atoms with E-state index in [0.717, 1.165) is 18.0 Å². The molecule has 1 aliphatic rings. The highest BCUT2D eigenvalue weighted by molar-refractivity contribution is 5.47. The summed E-state index contributed by atoms with van der Waals surface area (Å²) in [4.78, 5) is 2.52. The standard InChI is InChI=1S/C15H23NO2/c1-4-16-11-6-5-8-12(16)15-13(17-2)9-7-10-14(15)18-3/h7,9-10,12H,4-6,8,11H2,1-3H3/t12-/m1/s1. The van der Waals surface area contributed by atoms with Crippen LogP contribution in [0.3, 0.4) is 0 Å². The number of rotatable bonds is 4. The van der Waals surface area contributed by atoms with Crippen LogP contribution in [0, 0.1) is 0 Å². The van der Waals surface area contributed by atoms with E-state index in [1.807, 2.05) is 18.2 Å². The van der Waals surface area contributed by atoms with Crippen LogP contribution in [0.1, 0.15) is 37.8 Å². The van der Waals surface area contributed by atoms with Crippen LogP contribution in [0.15, 0.2) is 18.2 Å². The topological polar surface area (TPSA) is 21.7 Å². The summed E-state index contributed by atoms with van der Waals surface area (Å²) in [5.74, 6) is 1.89. The van der Waals surface area contributed by atoms with Crippen molar-refractivity contribution in [2.24, 2.45) is 0 Å². The van der Waals surface area contributed by atoms with Crippen LogP contribution in [0.25, 0.3) is 0 Å². The maximum atomic E-state index is 5.53. The number of ether oxygens (including phenoxy) is 2. The van der Waals surface area contributed by atoms with Crippen LogP contribution < -0.4 is 9.47 Å². The molecule has 100 valence electrons. The highest BCUT2D eigenvalue weighted by Crippen LogP contribution is 2.41. The van der Waals surface area contributed by atoms with Gasteiger partial charge in [0.05, 0.1) is 19.8 Å². The lowest BCUT2D eigenvalue weighted by molar-refractivity contribution is 0.151. The Morgan fingerprint density at radius 3 is 2.39 bits per heavy atom. The van der Waals surface area contributed by atoms with Crippen molar-refractivity contribution in [3.05, 3.63) is 23.8 Å². The van der Waals surface area contributed by atoms with Gasteiger partial charge in [0.25, 0.3) is 0 Å². The average molecular weight is 249 g/mol. The second-order valence-corrected chi connectivity index (χ2v) is 4.72. The fraction of sp³-hybridized carbons (Fsp3) is 0.600. The van der Waals surface area contributed by atoms with Gasteiger partial charge >= 0.3 is 0 Å². The Morgan fingerprint density at radius 1 is 1.17 bits per heavy atom. The van der Waals surface area contributed by atoms with E-state index in [4.69, 9.17) is 9.47 Å². The zero-order valence-corrected chi connectivity index (χ0v) is 11.6. The summed E-state index contributed by atoms with van der Waals surface area (Å²) in [5, 5.41) is 0. The normalized spacial score (nSPS) is 20.7. The fourth-order valence-electron chi connectivity index (χ4n) is 2.90. The van der Waals surface area contributed by atoms with Crippen LogP contribution in [0.2, 0.25) is 0 Å². The molecular weight excluding hydrogens is 226 g/mol. The third kappa shape index (κ3) is 2.46. The van der Waals surface area contributed by atoms with Crippen molar-refractivity contribution >= 4 is 0 Å². The van der Waals surface area contributed by atoms with Gasteiger partial charge in [-0.1, -0.05) is 19.4 Å². The third-order valence-electron chi connectivity index (χ3n) is 3.82. The van der Waals surface area contributed by atoms with E-state index in [1.165, 1.54) is 31.4 Å². The Morgan fingerprint density at radius 2 is 1.83 bits per heavy atom. The molecule has 0 radical (unpaired) electrons. The van der Waals surface area contributed by atoms with E-state index >= 15 is 0 Å². The number of methoxy groups -OCH3 is 2. The lowest BCUT2D eigenvalue weighted by Crippen LogP contribution is -2.33. The van der Waals surface area contributed by atoms with Crippen molar-refractivity contribution in [1.29, 1.82) is 0 Å². The van der Waals surface area contributed by atoms with Crippen molar-refractivity contribution in [2.45, 2.75) is 32.2 Å². The first-order valence-electron chi connectivity index (χ1n) is 6.76. The monoisotopic (exact) mass is 249 g/mol. The zero-order valence-electron chi connectivity index (χ0n) is 11.6. The molecule has 1 heterocycles. The summed E-state index contributed by atoms with van der Waals surface area (Å²) >= 11 is 0. The van der Waals surface area contributed by atoms with Crippen LogP contribution in [-0.2, 0) is 0 Å². The van der Waals surface area contributed by atoms with Crippen molar-refractivity contribution in [3.8, 4) is 11.5 Å². The van der Waals surface area contributed by atoms with Gasteiger partial charge in [-0.25, -0.2) is 0 Å². The van der Waals surface area contributed by atoms with E-state index in [1.54, 1.807) is 14.2 Å². The van der Waals surface area contributed by atoms with Gasteiger partial charge in [0.15, 0.2) is 0 Å². The molecule has 0 saturated carbocycles. The quantitative estimate of drug-likeness (QED) is 0.817. The molecule has 3 nitrogen and oxygen atoms in total. The predicted octanol–water partition coefficient (Wildman–Crippen LogP) is 3.25. The van der Waals surface area contributed by atoms with Gasteiger partial charge in [-0.05, 0) is 38.1 Å². The summed E-state index contributed by atoms with van der Waals surface area (Å²) < 4.78 is 11.1. The summed E-state index contributed by atoms with van der Waals surface area (Å²) in [6.07, 6.45) is 3.76. The molecule has 1 aromatic carbocycles. The Bertz CT molecular complexity index is 370. The van der Waals surface area contributed by atoms with Gasteiger partial charge in [-0.15, -0.1) is 0 Å².